The first-order chi connectivity index (χ1) is 16.5. The fourth-order valence-electron chi connectivity index (χ4n) is 3.84. The van der Waals surface area contributed by atoms with Crippen LogP contribution in [0.25, 0.3) is 11.0 Å². The lowest BCUT2D eigenvalue weighted by molar-refractivity contribution is -0.142. The highest BCUT2D eigenvalue weighted by Gasteiger charge is 2.32. The summed E-state index contributed by atoms with van der Waals surface area (Å²) in [6, 6.07) is 20.2. The average Bonchev–Trinajstić information content (AvgIpc) is 3.49. The van der Waals surface area contributed by atoms with Gasteiger partial charge in [0.25, 0.3) is 0 Å². The van der Waals surface area contributed by atoms with Crippen molar-refractivity contribution in [2.75, 3.05) is 6.54 Å². The van der Waals surface area contributed by atoms with E-state index in [0.29, 0.717) is 19.0 Å². The summed E-state index contributed by atoms with van der Waals surface area (Å²) in [6.07, 6.45) is 0.872. The van der Waals surface area contributed by atoms with Gasteiger partial charge in [0.05, 0.1) is 12.1 Å². The van der Waals surface area contributed by atoms with Gasteiger partial charge in [0.15, 0.2) is 0 Å². The number of carbonyl (C=O) groups excluding carboxylic acids is 2. The van der Waals surface area contributed by atoms with Gasteiger partial charge in [-0.05, 0) is 41.5 Å². The van der Waals surface area contributed by atoms with Crippen LogP contribution in [0.4, 0.5) is 0 Å². The molecule has 8 heteroatoms. The summed E-state index contributed by atoms with van der Waals surface area (Å²) >= 11 is 1.56. The van der Waals surface area contributed by atoms with Crippen LogP contribution in [0.2, 0.25) is 0 Å². The van der Waals surface area contributed by atoms with Crippen molar-refractivity contribution in [3.8, 4) is 0 Å². The summed E-state index contributed by atoms with van der Waals surface area (Å²) in [6.45, 7) is 5.13. The van der Waals surface area contributed by atoms with E-state index < -0.39 is 6.04 Å². The number of fused-ring (bicyclic) bond motifs is 1. The third kappa shape index (κ3) is 5.69. The molecule has 0 aliphatic heterocycles. The largest absolute Gasteiger partial charge is 0.354 e. The van der Waals surface area contributed by atoms with Crippen LogP contribution in [0.3, 0.4) is 0 Å². The standard InChI is InChI=1S/C26H29N5O2S/c1-19(2)14-15-27-26(33)25(20-9-4-3-5-10-20)30(17-21-11-8-16-34-21)24(32)18-31-23-13-7-6-12-22(23)28-29-31/h3-13,16,19,25H,14-15,17-18H2,1-2H3,(H,27,33)/t25-/m1/s1. The van der Waals surface area contributed by atoms with Crippen molar-refractivity contribution < 1.29 is 9.59 Å². The molecule has 0 radical (unpaired) electrons. The molecule has 0 unspecified atom stereocenters. The minimum Gasteiger partial charge on any atom is -0.354 e. The molecule has 7 nitrogen and oxygen atoms in total. The maximum absolute atomic E-state index is 13.7. The summed E-state index contributed by atoms with van der Waals surface area (Å²) in [5, 5.41) is 13.4. The van der Waals surface area contributed by atoms with Crippen LogP contribution in [0.15, 0.2) is 72.1 Å². The molecule has 0 saturated heterocycles. The number of hydrogen-bond donors (Lipinski definition) is 1. The number of aromatic nitrogens is 3. The van der Waals surface area contributed by atoms with Gasteiger partial charge in [-0.2, -0.15) is 0 Å². The van der Waals surface area contributed by atoms with Crippen LogP contribution in [0, 0.1) is 5.92 Å². The van der Waals surface area contributed by atoms with Crippen LogP contribution in [0.5, 0.6) is 0 Å². The van der Waals surface area contributed by atoms with E-state index in [1.54, 1.807) is 20.9 Å². The highest BCUT2D eigenvalue weighted by Crippen LogP contribution is 2.26. The van der Waals surface area contributed by atoms with Gasteiger partial charge in [0.1, 0.15) is 18.1 Å². The smallest absolute Gasteiger partial charge is 0.247 e. The SMILES string of the molecule is CC(C)CCNC(=O)[C@@H](c1ccccc1)N(Cc1cccs1)C(=O)Cn1nnc2ccccc21. The van der Waals surface area contributed by atoms with Gasteiger partial charge in [-0.15, -0.1) is 16.4 Å². The number of rotatable bonds is 10. The lowest BCUT2D eigenvalue weighted by atomic mass is 10.0. The minimum absolute atomic E-state index is 0.00546. The van der Waals surface area contributed by atoms with E-state index in [9.17, 15) is 9.59 Å². The Bertz CT molecular complexity index is 1220. The van der Waals surface area contributed by atoms with Gasteiger partial charge >= 0.3 is 0 Å². The lowest BCUT2D eigenvalue weighted by Gasteiger charge is -2.31. The summed E-state index contributed by atoms with van der Waals surface area (Å²) in [5.41, 5.74) is 2.29. The van der Waals surface area contributed by atoms with Gasteiger partial charge in [-0.25, -0.2) is 4.68 Å². The number of benzene rings is 2. The quantitative estimate of drug-likeness (QED) is 0.368. The molecule has 2 heterocycles. The van der Waals surface area contributed by atoms with E-state index in [1.807, 2.05) is 72.1 Å². The van der Waals surface area contributed by atoms with Crippen molar-refractivity contribution in [2.45, 2.75) is 39.4 Å². The van der Waals surface area contributed by atoms with E-state index in [-0.39, 0.29) is 18.4 Å². The van der Waals surface area contributed by atoms with E-state index in [4.69, 9.17) is 0 Å². The highest BCUT2D eigenvalue weighted by molar-refractivity contribution is 7.09. The molecule has 0 spiro atoms. The Labute approximate surface area is 203 Å². The van der Waals surface area contributed by atoms with Gasteiger partial charge in [0.2, 0.25) is 11.8 Å². The number of thiophene rings is 1. The molecule has 0 aliphatic carbocycles. The van der Waals surface area contributed by atoms with Crippen molar-refractivity contribution in [1.29, 1.82) is 0 Å². The maximum atomic E-state index is 13.7. The maximum Gasteiger partial charge on any atom is 0.247 e. The Morgan fingerprint density at radius 2 is 1.79 bits per heavy atom. The molecule has 4 rings (SSSR count). The molecule has 176 valence electrons. The van der Waals surface area contributed by atoms with E-state index in [0.717, 1.165) is 27.9 Å². The first kappa shape index (κ1) is 23.6. The van der Waals surface area contributed by atoms with Crippen molar-refractivity contribution >= 4 is 34.2 Å². The fourth-order valence-corrected chi connectivity index (χ4v) is 4.54. The third-order valence-electron chi connectivity index (χ3n) is 5.63. The number of nitrogens with one attached hydrogen (secondary N) is 1. The molecule has 2 aromatic carbocycles. The normalized spacial score (nSPS) is 12.1. The molecule has 4 aromatic rings. The van der Waals surface area contributed by atoms with Gasteiger partial charge < -0.3 is 10.2 Å². The van der Waals surface area contributed by atoms with Crippen molar-refractivity contribution in [2.24, 2.45) is 5.92 Å². The molecule has 1 atom stereocenters. The highest BCUT2D eigenvalue weighted by atomic mass is 32.1. The Morgan fingerprint density at radius 1 is 1.03 bits per heavy atom. The van der Waals surface area contributed by atoms with Crippen LogP contribution in [-0.4, -0.2) is 38.3 Å². The topological polar surface area (TPSA) is 80.1 Å². The zero-order valence-corrected chi connectivity index (χ0v) is 20.2. The van der Waals surface area contributed by atoms with Crippen molar-refractivity contribution in [3.63, 3.8) is 0 Å². The Morgan fingerprint density at radius 3 is 2.53 bits per heavy atom. The van der Waals surface area contributed by atoms with E-state index in [1.165, 1.54) is 0 Å². The Kier molecular flexibility index (Phi) is 7.69. The second kappa shape index (κ2) is 11.1. The van der Waals surface area contributed by atoms with Gasteiger partial charge in [-0.1, -0.05) is 67.6 Å². The summed E-state index contributed by atoms with van der Waals surface area (Å²) in [7, 11) is 0. The molecule has 1 N–H and O–H groups in total. The Hall–Kier alpha value is -3.52. The van der Waals surface area contributed by atoms with E-state index >= 15 is 0 Å². The van der Waals surface area contributed by atoms with Gasteiger partial charge in [-0.3, -0.25) is 9.59 Å². The number of nitrogens with zero attached hydrogens (tertiary/aromatic N) is 4. The molecule has 0 aliphatic rings. The molecule has 34 heavy (non-hydrogen) atoms. The number of amides is 2. The zero-order valence-electron chi connectivity index (χ0n) is 19.4. The van der Waals surface area contributed by atoms with Gasteiger partial charge in [0, 0.05) is 11.4 Å². The van der Waals surface area contributed by atoms with Crippen molar-refractivity contribution in [3.05, 3.63) is 82.6 Å². The number of hydrogen-bond acceptors (Lipinski definition) is 5. The second-order valence-corrected chi connectivity index (χ2v) is 9.66. The predicted molar refractivity (Wildman–Crippen MR) is 134 cm³/mol. The van der Waals surface area contributed by atoms with E-state index in [2.05, 4.69) is 29.5 Å². The summed E-state index contributed by atoms with van der Waals surface area (Å²) in [5.74, 6) is 0.0945. The van der Waals surface area contributed by atoms with Crippen LogP contribution in [-0.2, 0) is 22.7 Å². The number of carbonyl (C=O) groups is 2. The van der Waals surface area contributed by atoms with Crippen molar-refractivity contribution in [1.82, 2.24) is 25.2 Å². The summed E-state index contributed by atoms with van der Waals surface area (Å²) in [4.78, 5) is 29.9. The molecule has 0 saturated carbocycles. The molecular weight excluding hydrogens is 446 g/mol. The molecule has 2 aromatic heterocycles. The minimum atomic E-state index is -0.752. The van der Waals surface area contributed by atoms with Crippen LogP contribution >= 0.6 is 11.3 Å². The molecule has 0 bridgehead atoms. The third-order valence-corrected chi connectivity index (χ3v) is 6.49. The van der Waals surface area contributed by atoms with Crippen LogP contribution < -0.4 is 5.32 Å². The Balaban J connectivity index is 1.66. The first-order valence-corrected chi connectivity index (χ1v) is 12.3. The van der Waals surface area contributed by atoms with Crippen LogP contribution in [0.1, 0.15) is 36.8 Å². The number of para-hydroxylation sites is 1. The average molecular weight is 476 g/mol. The summed E-state index contributed by atoms with van der Waals surface area (Å²) < 4.78 is 1.60. The second-order valence-electron chi connectivity index (χ2n) is 8.62. The molecule has 2 amide bonds. The monoisotopic (exact) mass is 475 g/mol. The lowest BCUT2D eigenvalue weighted by Crippen LogP contribution is -2.44. The zero-order chi connectivity index (χ0) is 23.9. The fraction of sp³-hybridized carbons (Fsp3) is 0.308. The molecular formula is C26H29N5O2S. The first-order valence-electron chi connectivity index (χ1n) is 11.5. The predicted octanol–water partition coefficient (Wildman–Crippen LogP) is 4.43. The molecule has 0 fully saturated rings.